The highest BCUT2D eigenvalue weighted by Gasteiger charge is 2.17. The summed E-state index contributed by atoms with van der Waals surface area (Å²) < 4.78 is 28.9. The van der Waals surface area contributed by atoms with Gasteiger partial charge >= 0.3 is 0 Å². The monoisotopic (exact) mass is 383 g/mol. The van der Waals surface area contributed by atoms with E-state index in [1.807, 2.05) is 7.05 Å². The van der Waals surface area contributed by atoms with E-state index in [1.54, 1.807) is 24.0 Å². The number of pyridine rings is 1. The van der Waals surface area contributed by atoms with Crippen LogP contribution in [0, 0.1) is 11.6 Å². The predicted molar refractivity (Wildman–Crippen MR) is 97.8 cm³/mol. The van der Waals surface area contributed by atoms with Gasteiger partial charge in [0.15, 0.2) is 17.0 Å². The standard InChI is InChI=1S/C17H15F2N9/c1-9(13-11(19)5-10(18)6-22-13)24-17-26-15-14(20-3-4-21-15)16(27-17)25-12-7-28(2)8-23-12/h3-9H,1-2H3,(H2,21,24,25,26,27). The summed E-state index contributed by atoms with van der Waals surface area (Å²) in [6, 6.07) is 0.166. The number of rotatable bonds is 5. The lowest BCUT2D eigenvalue weighted by Gasteiger charge is -2.15. The zero-order valence-corrected chi connectivity index (χ0v) is 14.9. The second kappa shape index (κ2) is 7.10. The Kier molecular flexibility index (Phi) is 4.47. The summed E-state index contributed by atoms with van der Waals surface area (Å²) in [5.41, 5.74) is 0.846. The molecule has 0 fully saturated rings. The highest BCUT2D eigenvalue weighted by atomic mass is 19.1. The largest absolute Gasteiger partial charge is 0.346 e. The van der Waals surface area contributed by atoms with E-state index in [1.165, 1.54) is 12.4 Å². The van der Waals surface area contributed by atoms with Gasteiger partial charge in [0.25, 0.3) is 0 Å². The molecule has 0 spiro atoms. The molecular weight excluding hydrogens is 368 g/mol. The van der Waals surface area contributed by atoms with Crippen molar-refractivity contribution in [2.45, 2.75) is 13.0 Å². The Morgan fingerprint density at radius 2 is 1.89 bits per heavy atom. The van der Waals surface area contributed by atoms with Crippen molar-refractivity contribution in [1.82, 2.24) is 34.5 Å². The molecule has 0 amide bonds. The Morgan fingerprint density at radius 3 is 2.64 bits per heavy atom. The Morgan fingerprint density at radius 1 is 1.07 bits per heavy atom. The summed E-state index contributed by atoms with van der Waals surface area (Å²) in [6.45, 7) is 1.67. The maximum absolute atomic E-state index is 14.0. The van der Waals surface area contributed by atoms with Crippen molar-refractivity contribution < 1.29 is 8.78 Å². The van der Waals surface area contributed by atoms with Gasteiger partial charge in [-0.3, -0.25) is 4.98 Å². The minimum atomic E-state index is -0.757. The number of nitrogens with zero attached hydrogens (tertiary/aromatic N) is 7. The zero-order valence-electron chi connectivity index (χ0n) is 14.9. The van der Waals surface area contributed by atoms with Crippen LogP contribution in [0.2, 0.25) is 0 Å². The molecule has 4 aromatic rings. The highest BCUT2D eigenvalue weighted by molar-refractivity contribution is 5.85. The molecule has 0 aliphatic heterocycles. The van der Waals surface area contributed by atoms with Crippen molar-refractivity contribution in [3.05, 3.63) is 54.5 Å². The van der Waals surface area contributed by atoms with Gasteiger partial charge in [-0.15, -0.1) is 0 Å². The lowest BCUT2D eigenvalue weighted by Crippen LogP contribution is -2.14. The lowest BCUT2D eigenvalue weighted by atomic mass is 10.2. The SMILES string of the molecule is CC(Nc1nc(Nc2cn(C)cn2)c2nccnc2n1)c1ncc(F)cc1F. The number of anilines is 3. The van der Waals surface area contributed by atoms with Crippen LogP contribution in [-0.2, 0) is 7.05 Å². The Labute approximate surface area is 157 Å². The quantitative estimate of drug-likeness (QED) is 0.542. The lowest BCUT2D eigenvalue weighted by molar-refractivity contribution is 0.550. The van der Waals surface area contributed by atoms with Gasteiger partial charge in [-0.25, -0.2) is 23.7 Å². The molecule has 0 radical (unpaired) electrons. The van der Waals surface area contributed by atoms with Crippen LogP contribution in [-0.4, -0.2) is 34.5 Å². The molecule has 28 heavy (non-hydrogen) atoms. The van der Waals surface area contributed by atoms with Crippen molar-refractivity contribution in [3.8, 4) is 0 Å². The molecular formula is C17H15F2N9. The van der Waals surface area contributed by atoms with Crippen LogP contribution in [0.5, 0.6) is 0 Å². The molecule has 4 aromatic heterocycles. The average molecular weight is 383 g/mol. The molecule has 142 valence electrons. The van der Waals surface area contributed by atoms with Crippen LogP contribution >= 0.6 is 0 Å². The van der Waals surface area contributed by atoms with Crippen LogP contribution in [0.3, 0.4) is 0 Å². The van der Waals surface area contributed by atoms with E-state index in [4.69, 9.17) is 0 Å². The molecule has 2 N–H and O–H groups in total. The first kappa shape index (κ1) is 17.6. The summed E-state index contributed by atoms with van der Waals surface area (Å²) >= 11 is 0. The third kappa shape index (κ3) is 3.54. The molecule has 0 aliphatic carbocycles. The first-order valence-corrected chi connectivity index (χ1v) is 8.31. The molecule has 1 unspecified atom stereocenters. The molecule has 11 heteroatoms. The maximum Gasteiger partial charge on any atom is 0.227 e. The minimum Gasteiger partial charge on any atom is -0.346 e. The smallest absolute Gasteiger partial charge is 0.227 e. The highest BCUT2D eigenvalue weighted by Crippen LogP contribution is 2.24. The van der Waals surface area contributed by atoms with Crippen LogP contribution in [0.4, 0.5) is 26.4 Å². The maximum atomic E-state index is 14.0. The topological polar surface area (TPSA) is 106 Å². The van der Waals surface area contributed by atoms with Crippen LogP contribution in [0.25, 0.3) is 11.2 Å². The van der Waals surface area contributed by atoms with Crippen molar-refractivity contribution in [3.63, 3.8) is 0 Å². The molecule has 0 saturated heterocycles. The van der Waals surface area contributed by atoms with E-state index in [0.717, 1.165) is 12.3 Å². The van der Waals surface area contributed by atoms with Gasteiger partial charge in [0.05, 0.1) is 24.3 Å². The fourth-order valence-corrected chi connectivity index (χ4v) is 2.62. The Hall–Kier alpha value is -3.76. The van der Waals surface area contributed by atoms with Gasteiger partial charge in [0.2, 0.25) is 5.95 Å². The van der Waals surface area contributed by atoms with Gasteiger partial charge in [-0.1, -0.05) is 0 Å². The van der Waals surface area contributed by atoms with E-state index in [-0.39, 0.29) is 11.6 Å². The first-order chi connectivity index (χ1) is 13.5. The van der Waals surface area contributed by atoms with E-state index >= 15 is 0 Å². The summed E-state index contributed by atoms with van der Waals surface area (Å²) in [4.78, 5) is 25.2. The molecule has 0 aliphatic rings. The zero-order chi connectivity index (χ0) is 19.7. The third-order valence-corrected chi connectivity index (χ3v) is 3.88. The van der Waals surface area contributed by atoms with Gasteiger partial charge in [0, 0.05) is 31.7 Å². The fraction of sp³-hybridized carbons (Fsp3) is 0.176. The minimum absolute atomic E-state index is 0.0449. The predicted octanol–water partition coefficient (Wildman–Crippen LogP) is 2.74. The summed E-state index contributed by atoms with van der Waals surface area (Å²) in [5, 5.41) is 6.04. The molecule has 0 saturated carbocycles. The summed E-state index contributed by atoms with van der Waals surface area (Å²) in [7, 11) is 1.84. The number of nitrogens with one attached hydrogen (secondary N) is 2. The summed E-state index contributed by atoms with van der Waals surface area (Å²) in [5.74, 6) is -0.359. The number of fused-ring (bicyclic) bond motifs is 1. The van der Waals surface area contributed by atoms with Gasteiger partial charge in [-0.05, 0) is 6.92 Å². The first-order valence-electron chi connectivity index (χ1n) is 8.31. The van der Waals surface area contributed by atoms with Crippen LogP contribution in [0.1, 0.15) is 18.7 Å². The third-order valence-electron chi connectivity index (χ3n) is 3.88. The normalized spacial score (nSPS) is 12.1. The van der Waals surface area contributed by atoms with E-state index in [9.17, 15) is 8.78 Å². The van der Waals surface area contributed by atoms with Crippen molar-refractivity contribution in [2.75, 3.05) is 10.6 Å². The number of aromatic nitrogens is 7. The second-order valence-corrected chi connectivity index (χ2v) is 6.06. The van der Waals surface area contributed by atoms with E-state index < -0.39 is 17.7 Å². The molecule has 0 bridgehead atoms. The van der Waals surface area contributed by atoms with Gasteiger partial charge in [0.1, 0.15) is 17.5 Å². The molecule has 0 aromatic carbocycles. The fourth-order valence-electron chi connectivity index (χ4n) is 2.62. The Balaban J connectivity index is 1.69. The van der Waals surface area contributed by atoms with Crippen molar-refractivity contribution >= 4 is 28.7 Å². The second-order valence-electron chi connectivity index (χ2n) is 6.06. The molecule has 9 nitrogen and oxygen atoms in total. The van der Waals surface area contributed by atoms with E-state index in [2.05, 4.69) is 40.5 Å². The average Bonchev–Trinajstić information content (AvgIpc) is 3.06. The number of hydrogen-bond donors (Lipinski definition) is 2. The van der Waals surface area contributed by atoms with E-state index in [0.29, 0.717) is 22.8 Å². The number of imidazole rings is 1. The number of hydrogen-bond acceptors (Lipinski definition) is 8. The Bertz CT molecular complexity index is 1140. The van der Waals surface area contributed by atoms with Gasteiger partial charge < -0.3 is 15.2 Å². The van der Waals surface area contributed by atoms with Crippen molar-refractivity contribution in [2.24, 2.45) is 7.05 Å². The van der Waals surface area contributed by atoms with Crippen LogP contribution in [0.15, 0.2) is 37.2 Å². The molecule has 4 heterocycles. The van der Waals surface area contributed by atoms with Gasteiger partial charge in [-0.2, -0.15) is 9.97 Å². The number of halogens is 2. The molecule has 4 rings (SSSR count). The molecule has 1 atom stereocenters. The van der Waals surface area contributed by atoms with Crippen LogP contribution < -0.4 is 10.6 Å². The van der Waals surface area contributed by atoms with Crippen molar-refractivity contribution in [1.29, 1.82) is 0 Å². The summed E-state index contributed by atoms with van der Waals surface area (Å²) in [6.07, 6.45) is 7.41. The number of aryl methyl sites for hydroxylation is 1.